The molecule has 3 aliphatic carbocycles. The van der Waals surface area contributed by atoms with E-state index >= 15 is 0 Å². The van der Waals surface area contributed by atoms with Crippen molar-refractivity contribution in [2.45, 2.75) is 108 Å². The minimum absolute atomic E-state index is 0.0435. The van der Waals surface area contributed by atoms with Crippen LogP contribution in [0.15, 0.2) is 93.7 Å². The Labute approximate surface area is 258 Å². The van der Waals surface area contributed by atoms with Gasteiger partial charge in [0.2, 0.25) is 0 Å². The van der Waals surface area contributed by atoms with E-state index in [0.29, 0.717) is 0 Å². The number of rotatable bonds is 9. The lowest BCUT2D eigenvalue weighted by molar-refractivity contribution is 0.0443. The molecule has 0 amide bonds. The molecule has 0 saturated carbocycles. The first-order valence-electron chi connectivity index (χ1n) is 16.4. The summed E-state index contributed by atoms with van der Waals surface area (Å²) < 4.78 is 0. The fraction of sp³-hybridized carbons (Fsp3) is 0.600. The molecule has 0 bridgehead atoms. The van der Waals surface area contributed by atoms with Crippen molar-refractivity contribution in [3.63, 3.8) is 0 Å². The van der Waals surface area contributed by atoms with Gasteiger partial charge in [0.1, 0.15) is 0 Å². The van der Waals surface area contributed by atoms with E-state index in [1.54, 1.807) is 0 Å². The molecule has 3 rings (SSSR count). The van der Waals surface area contributed by atoms with Gasteiger partial charge in [-0.3, -0.25) is 0 Å². The molecule has 2 heteroatoms. The van der Waals surface area contributed by atoms with Gasteiger partial charge >= 0.3 is 0 Å². The van der Waals surface area contributed by atoms with Crippen LogP contribution in [0.2, 0.25) is 0 Å². The highest BCUT2D eigenvalue weighted by Crippen LogP contribution is 2.49. The van der Waals surface area contributed by atoms with E-state index in [-0.39, 0.29) is 47.2 Å². The second-order valence-corrected chi connectivity index (χ2v) is 15.1. The number of aliphatic hydroxyl groups excluding tert-OH is 2. The largest absolute Gasteiger partial charge is 0.396 e. The molecule has 0 aromatic carbocycles. The lowest BCUT2D eigenvalue weighted by Gasteiger charge is -2.47. The maximum atomic E-state index is 10.6. The van der Waals surface area contributed by atoms with Crippen LogP contribution in [0.25, 0.3) is 0 Å². The second-order valence-electron chi connectivity index (χ2n) is 15.1. The Bertz CT molecular complexity index is 1220. The smallest absolute Gasteiger partial charge is 0.0500 e. The van der Waals surface area contributed by atoms with Crippen molar-refractivity contribution in [2.24, 2.45) is 34.0 Å². The van der Waals surface area contributed by atoms with E-state index in [1.807, 2.05) is 0 Å². The van der Waals surface area contributed by atoms with Gasteiger partial charge in [-0.2, -0.15) is 0 Å². The number of hydrogen-bond donors (Lipinski definition) is 2. The van der Waals surface area contributed by atoms with Crippen molar-refractivity contribution in [3.05, 3.63) is 93.7 Å². The van der Waals surface area contributed by atoms with Gasteiger partial charge in [0.15, 0.2) is 0 Å². The third kappa shape index (κ3) is 7.86. The predicted molar refractivity (Wildman–Crippen MR) is 182 cm³/mol. The summed E-state index contributed by atoms with van der Waals surface area (Å²) in [5.41, 5.74) is 9.71. The molecule has 0 heterocycles. The predicted octanol–water partition coefficient (Wildman–Crippen LogP) is 10.4. The van der Waals surface area contributed by atoms with Gasteiger partial charge < -0.3 is 10.2 Å². The van der Waals surface area contributed by atoms with Gasteiger partial charge in [-0.25, -0.2) is 0 Å². The Morgan fingerprint density at radius 2 is 1.33 bits per heavy atom. The van der Waals surface area contributed by atoms with Gasteiger partial charge in [-0.1, -0.05) is 117 Å². The first-order valence-corrected chi connectivity index (χ1v) is 16.4. The number of hydrogen-bond acceptors (Lipinski definition) is 2. The highest BCUT2D eigenvalue weighted by atomic mass is 16.3. The van der Waals surface area contributed by atoms with Crippen LogP contribution in [0, 0.1) is 34.0 Å². The number of aliphatic hydroxyl groups is 2. The summed E-state index contributed by atoms with van der Waals surface area (Å²) in [7, 11) is 0. The molecule has 4 atom stereocenters. The van der Waals surface area contributed by atoms with Crippen molar-refractivity contribution in [3.8, 4) is 0 Å². The lowest BCUT2D eigenvalue weighted by Crippen LogP contribution is -2.44. The van der Waals surface area contributed by atoms with Crippen LogP contribution in [0.1, 0.15) is 108 Å². The van der Waals surface area contributed by atoms with E-state index in [2.05, 4.69) is 124 Å². The highest BCUT2D eigenvalue weighted by Gasteiger charge is 2.45. The minimum atomic E-state index is -0.332. The molecule has 0 aliphatic heterocycles. The van der Waals surface area contributed by atoms with Crippen molar-refractivity contribution in [1.29, 1.82) is 0 Å². The molecule has 0 aromatic heterocycles. The van der Waals surface area contributed by atoms with E-state index in [0.717, 1.165) is 0 Å². The van der Waals surface area contributed by atoms with Crippen LogP contribution >= 0.6 is 0 Å². The third-order valence-electron chi connectivity index (χ3n) is 10.8. The summed E-state index contributed by atoms with van der Waals surface area (Å²) >= 11 is 0. The van der Waals surface area contributed by atoms with Gasteiger partial charge in [-0.05, 0) is 95.1 Å². The summed E-state index contributed by atoms with van der Waals surface area (Å²) in [5.74, 6) is 0.00592. The summed E-state index contributed by atoms with van der Waals surface area (Å²) in [4.78, 5) is 0. The average Bonchev–Trinajstić information content (AvgIpc) is 2.89. The summed E-state index contributed by atoms with van der Waals surface area (Å²) in [6.07, 6.45) is 27.9. The molecular weight excluding hydrogens is 512 g/mol. The summed E-state index contributed by atoms with van der Waals surface area (Å²) in [5, 5.41) is 20.9. The maximum absolute atomic E-state index is 10.6. The quantitative estimate of drug-likeness (QED) is 0.213. The number of allylic oxidation sites excluding steroid dienone is 15. The molecule has 232 valence electrons. The molecule has 42 heavy (non-hydrogen) atoms. The second kappa shape index (κ2) is 14.1. The molecule has 0 aromatic rings. The SMILES string of the molecule is CC1=C[C@@H](/C=C(C)/C=C/C2=C(C)CCCC2(C)C)[C@](C)(/C=C/C=C(C)/C=C/C2=C(C)CCCC2(C)C)[C@@H](CO)[C@H]1CO. The van der Waals surface area contributed by atoms with E-state index in [1.165, 1.54) is 77.5 Å². The average molecular weight is 573 g/mol. The molecule has 2 nitrogen and oxygen atoms in total. The first-order chi connectivity index (χ1) is 19.7. The Morgan fingerprint density at radius 1 is 0.810 bits per heavy atom. The molecule has 3 aliphatic rings. The van der Waals surface area contributed by atoms with Gasteiger partial charge in [0.25, 0.3) is 0 Å². The van der Waals surface area contributed by atoms with E-state index < -0.39 is 0 Å². The van der Waals surface area contributed by atoms with Crippen LogP contribution in [0.4, 0.5) is 0 Å². The molecule has 0 saturated heterocycles. The maximum Gasteiger partial charge on any atom is 0.0500 e. The van der Waals surface area contributed by atoms with Crippen molar-refractivity contribution in [2.75, 3.05) is 13.2 Å². The molecule has 0 spiro atoms. The van der Waals surface area contributed by atoms with Gasteiger partial charge in [0, 0.05) is 36.4 Å². The van der Waals surface area contributed by atoms with Crippen LogP contribution in [0.3, 0.4) is 0 Å². The fourth-order valence-electron chi connectivity index (χ4n) is 7.89. The summed E-state index contributed by atoms with van der Waals surface area (Å²) in [6, 6.07) is 0. The normalized spacial score (nSPS) is 31.1. The van der Waals surface area contributed by atoms with Crippen molar-refractivity contribution >= 4 is 0 Å². The van der Waals surface area contributed by atoms with Crippen LogP contribution in [0.5, 0.6) is 0 Å². The third-order valence-corrected chi connectivity index (χ3v) is 10.8. The Kier molecular flexibility index (Phi) is 11.5. The van der Waals surface area contributed by atoms with Gasteiger partial charge in [0.05, 0.1) is 0 Å². The lowest BCUT2D eigenvalue weighted by atomic mass is 9.58. The Morgan fingerprint density at radius 3 is 1.81 bits per heavy atom. The topological polar surface area (TPSA) is 40.5 Å². The molecule has 0 fully saturated rings. The van der Waals surface area contributed by atoms with Crippen molar-refractivity contribution in [1.82, 2.24) is 0 Å². The molecule has 2 N–H and O–H groups in total. The standard InChI is InChI=1S/C40H60O2/c1-28(17-19-35-30(3)15-12-21-38(35,6)7)14-11-23-40(10)33(25-32(5)34(26-41)37(40)27-42)24-29(2)18-20-36-31(4)16-13-22-39(36,8)9/h11,14,17-20,23-25,33-34,37,41-42H,12-13,15-16,21-22,26-27H2,1-10H3/b19-17+,20-18+,23-11+,28-14+,29-24+/t33-,34+,37+,40+/m1/s1. The van der Waals surface area contributed by atoms with Crippen molar-refractivity contribution < 1.29 is 10.2 Å². The Hall–Kier alpha value is -2.16. The van der Waals surface area contributed by atoms with E-state index in [9.17, 15) is 10.2 Å². The monoisotopic (exact) mass is 572 g/mol. The van der Waals surface area contributed by atoms with Gasteiger partial charge in [-0.15, -0.1) is 0 Å². The molecule has 0 unspecified atom stereocenters. The molecular formula is C40H60O2. The highest BCUT2D eigenvalue weighted by molar-refractivity contribution is 5.39. The Balaban J connectivity index is 1.93. The van der Waals surface area contributed by atoms with Crippen LogP contribution < -0.4 is 0 Å². The van der Waals surface area contributed by atoms with E-state index in [4.69, 9.17) is 0 Å². The zero-order chi connectivity index (χ0) is 31.3. The molecule has 0 radical (unpaired) electrons. The fourth-order valence-corrected chi connectivity index (χ4v) is 7.89. The zero-order valence-electron chi connectivity index (χ0n) is 28.5. The summed E-state index contributed by atoms with van der Waals surface area (Å²) in [6.45, 7) is 22.8. The zero-order valence-corrected chi connectivity index (χ0v) is 28.5. The van der Waals surface area contributed by atoms with Crippen LogP contribution in [-0.2, 0) is 0 Å². The first kappa shape index (κ1) is 34.3. The van der Waals surface area contributed by atoms with Crippen LogP contribution in [-0.4, -0.2) is 23.4 Å². The minimum Gasteiger partial charge on any atom is -0.396 e.